The van der Waals surface area contributed by atoms with Crippen molar-refractivity contribution < 1.29 is 4.74 Å². The molecule has 1 heterocycles. The van der Waals surface area contributed by atoms with Gasteiger partial charge >= 0.3 is 0 Å². The van der Waals surface area contributed by atoms with Crippen molar-refractivity contribution in [2.75, 3.05) is 17.7 Å². The fourth-order valence-electron chi connectivity index (χ4n) is 2.25. The predicted octanol–water partition coefficient (Wildman–Crippen LogP) is 5.59. The number of rotatable bonds is 5. The van der Waals surface area contributed by atoms with Crippen molar-refractivity contribution in [2.24, 2.45) is 0 Å². The number of hydrogen-bond donors (Lipinski definition) is 2. The SMILES string of the molecule is COc1cc(Cl)c(C)cc1Nc1ccnc(Nc2cccc(Cl)c2)n1. The van der Waals surface area contributed by atoms with Crippen molar-refractivity contribution in [3.05, 3.63) is 64.3 Å². The third-order valence-corrected chi connectivity index (χ3v) is 4.12. The van der Waals surface area contributed by atoms with Gasteiger partial charge in [0.25, 0.3) is 0 Å². The first-order valence-electron chi connectivity index (χ1n) is 7.52. The molecule has 3 aromatic rings. The summed E-state index contributed by atoms with van der Waals surface area (Å²) in [5, 5.41) is 7.64. The summed E-state index contributed by atoms with van der Waals surface area (Å²) in [5.74, 6) is 1.72. The van der Waals surface area contributed by atoms with Gasteiger partial charge in [-0.15, -0.1) is 0 Å². The average molecular weight is 375 g/mol. The Morgan fingerprint density at radius 1 is 1.04 bits per heavy atom. The summed E-state index contributed by atoms with van der Waals surface area (Å²) < 4.78 is 5.37. The standard InChI is InChI=1S/C18H16Cl2N4O/c1-11-8-15(16(25-2)10-14(11)20)23-17-6-7-21-18(24-17)22-13-5-3-4-12(19)9-13/h3-10H,1-2H3,(H2,21,22,23,24). The minimum Gasteiger partial charge on any atom is -0.495 e. The molecule has 7 heteroatoms. The quantitative estimate of drug-likeness (QED) is 0.609. The molecule has 0 fully saturated rings. The Hall–Kier alpha value is -2.50. The predicted molar refractivity (Wildman–Crippen MR) is 103 cm³/mol. The number of nitrogens with one attached hydrogen (secondary N) is 2. The van der Waals surface area contributed by atoms with Crippen LogP contribution in [0.25, 0.3) is 0 Å². The van der Waals surface area contributed by atoms with Gasteiger partial charge in [0.2, 0.25) is 5.95 Å². The number of anilines is 4. The maximum absolute atomic E-state index is 6.14. The second kappa shape index (κ2) is 7.59. The van der Waals surface area contributed by atoms with E-state index < -0.39 is 0 Å². The van der Waals surface area contributed by atoms with Crippen molar-refractivity contribution in [3.63, 3.8) is 0 Å². The highest BCUT2D eigenvalue weighted by molar-refractivity contribution is 6.31. The van der Waals surface area contributed by atoms with Crippen LogP contribution in [-0.4, -0.2) is 17.1 Å². The number of ether oxygens (including phenoxy) is 1. The molecule has 0 aliphatic heterocycles. The fraction of sp³-hybridized carbons (Fsp3) is 0.111. The zero-order valence-electron chi connectivity index (χ0n) is 13.7. The molecule has 3 rings (SSSR count). The number of methoxy groups -OCH3 is 1. The number of benzene rings is 2. The molecule has 0 amide bonds. The second-order valence-electron chi connectivity index (χ2n) is 5.33. The normalized spacial score (nSPS) is 10.4. The topological polar surface area (TPSA) is 59.1 Å². The molecule has 5 nitrogen and oxygen atoms in total. The van der Waals surface area contributed by atoms with E-state index in [1.165, 1.54) is 0 Å². The minimum atomic E-state index is 0.455. The Bertz CT molecular complexity index is 902. The van der Waals surface area contributed by atoms with Gasteiger partial charge in [-0.1, -0.05) is 29.3 Å². The highest BCUT2D eigenvalue weighted by Gasteiger charge is 2.09. The van der Waals surface area contributed by atoms with Crippen LogP contribution in [0.3, 0.4) is 0 Å². The van der Waals surface area contributed by atoms with Crippen molar-refractivity contribution in [1.82, 2.24) is 9.97 Å². The van der Waals surface area contributed by atoms with E-state index in [1.54, 1.807) is 37.6 Å². The van der Waals surface area contributed by atoms with Gasteiger partial charge in [0.1, 0.15) is 11.6 Å². The van der Waals surface area contributed by atoms with Gasteiger partial charge in [-0.05, 0) is 42.8 Å². The van der Waals surface area contributed by atoms with E-state index in [0.29, 0.717) is 27.6 Å². The molecule has 25 heavy (non-hydrogen) atoms. The highest BCUT2D eigenvalue weighted by atomic mass is 35.5. The number of hydrogen-bond acceptors (Lipinski definition) is 5. The zero-order chi connectivity index (χ0) is 17.8. The molecule has 128 valence electrons. The van der Waals surface area contributed by atoms with Crippen LogP contribution >= 0.6 is 23.2 Å². The molecule has 0 unspecified atom stereocenters. The van der Waals surface area contributed by atoms with Crippen molar-refractivity contribution >= 4 is 46.3 Å². The van der Waals surface area contributed by atoms with Crippen LogP contribution in [0.4, 0.5) is 23.1 Å². The third-order valence-electron chi connectivity index (χ3n) is 3.48. The Morgan fingerprint density at radius 3 is 2.64 bits per heavy atom. The van der Waals surface area contributed by atoms with Crippen LogP contribution in [-0.2, 0) is 0 Å². The summed E-state index contributed by atoms with van der Waals surface area (Å²) in [5.41, 5.74) is 2.53. The fourth-order valence-corrected chi connectivity index (χ4v) is 2.60. The molecular formula is C18H16Cl2N4O. The molecule has 0 aliphatic carbocycles. The van der Waals surface area contributed by atoms with E-state index in [1.807, 2.05) is 25.1 Å². The molecular weight excluding hydrogens is 359 g/mol. The third kappa shape index (κ3) is 4.32. The first kappa shape index (κ1) is 17.3. The minimum absolute atomic E-state index is 0.455. The molecule has 0 saturated heterocycles. The summed E-state index contributed by atoms with van der Waals surface area (Å²) in [7, 11) is 1.60. The van der Waals surface area contributed by atoms with Gasteiger partial charge in [0.15, 0.2) is 0 Å². The van der Waals surface area contributed by atoms with E-state index in [9.17, 15) is 0 Å². The van der Waals surface area contributed by atoms with E-state index in [4.69, 9.17) is 27.9 Å². The summed E-state index contributed by atoms with van der Waals surface area (Å²) in [6, 6.07) is 12.8. The second-order valence-corrected chi connectivity index (χ2v) is 6.17. The molecule has 0 bridgehead atoms. The van der Waals surface area contributed by atoms with Crippen LogP contribution in [0.5, 0.6) is 5.75 Å². The molecule has 0 aliphatic rings. The zero-order valence-corrected chi connectivity index (χ0v) is 15.2. The smallest absolute Gasteiger partial charge is 0.229 e. The lowest BCUT2D eigenvalue weighted by atomic mass is 10.2. The Balaban J connectivity index is 1.84. The lowest BCUT2D eigenvalue weighted by Crippen LogP contribution is -2.01. The van der Waals surface area contributed by atoms with Gasteiger partial charge < -0.3 is 15.4 Å². The summed E-state index contributed by atoms with van der Waals surface area (Å²) >= 11 is 12.1. The van der Waals surface area contributed by atoms with Gasteiger partial charge in [-0.25, -0.2) is 4.98 Å². The van der Waals surface area contributed by atoms with E-state index in [2.05, 4.69) is 20.6 Å². The van der Waals surface area contributed by atoms with E-state index in [-0.39, 0.29) is 0 Å². The number of nitrogens with zero attached hydrogens (tertiary/aromatic N) is 2. The number of halogens is 2. The highest BCUT2D eigenvalue weighted by Crippen LogP contribution is 2.32. The molecule has 0 spiro atoms. The van der Waals surface area contributed by atoms with Gasteiger partial charge in [0, 0.05) is 28.0 Å². The molecule has 2 aromatic carbocycles. The maximum Gasteiger partial charge on any atom is 0.229 e. The Kier molecular flexibility index (Phi) is 5.26. The first-order valence-corrected chi connectivity index (χ1v) is 8.27. The summed E-state index contributed by atoms with van der Waals surface area (Å²) in [4.78, 5) is 8.68. The number of aryl methyl sites for hydroxylation is 1. The Labute approximate surface area is 156 Å². The van der Waals surface area contributed by atoms with Crippen LogP contribution in [0.15, 0.2) is 48.7 Å². The van der Waals surface area contributed by atoms with Crippen LogP contribution in [0.2, 0.25) is 10.0 Å². The molecule has 2 N–H and O–H groups in total. The van der Waals surface area contributed by atoms with Gasteiger partial charge in [0.05, 0.1) is 12.8 Å². The first-order chi connectivity index (χ1) is 12.0. The monoisotopic (exact) mass is 374 g/mol. The van der Waals surface area contributed by atoms with Crippen molar-refractivity contribution in [3.8, 4) is 5.75 Å². The maximum atomic E-state index is 6.14. The molecule has 0 atom stereocenters. The van der Waals surface area contributed by atoms with Crippen LogP contribution < -0.4 is 15.4 Å². The van der Waals surface area contributed by atoms with Gasteiger partial charge in [-0.2, -0.15) is 4.98 Å². The number of aromatic nitrogens is 2. The lowest BCUT2D eigenvalue weighted by Gasteiger charge is -2.13. The average Bonchev–Trinajstić information content (AvgIpc) is 2.58. The van der Waals surface area contributed by atoms with Crippen molar-refractivity contribution in [2.45, 2.75) is 6.92 Å². The molecule has 0 saturated carbocycles. The van der Waals surface area contributed by atoms with Crippen molar-refractivity contribution in [1.29, 1.82) is 0 Å². The Morgan fingerprint density at radius 2 is 1.88 bits per heavy atom. The van der Waals surface area contributed by atoms with Gasteiger partial charge in [-0.3, -0.25) is 0 Å². The molecule has 0 radical (unpaired) electrons. The summed E-state index contributed by atoms with van der Waals surface area (Å²) in [6.45, 7) is 1.93. The summed E-state index contributed by atoms with van der Waals surface area (Å²) in [6.07, 6.45) is 1.66. The van der Waals surface area contributed by atoms with Crippen LogP contribution in [0, 0.1) is 6.92 Å². The molecule has 1 aromatic heterocycles. The lowest BCUT2D eigenvalue weighted by molar-refractivity contribution is 0.416. The van der Waals surface area contributed by atoms with Crippen LogP contribution in [0.1, 0.15) is 5.56 Å². The van der Waals surface area contributed by atoms with E-state index in [0.717, 1.165) is 16.9 Å². The van der Waals surface area contributed by atoms with E-state index >= 15 is 0 Å². The largest absolute Gasteiger partial charge is 0.495 e.